The lowest BCUT2D eigenvalue weighted by Gasteiger charge is -2.37. The second-order valence-electron chi connectivity index (χ2n) is 6.85. The Balaban J connectivity index is 1.66. The molecule has 0 atom stereocenters. The normalized spacial score (nSPS) is 21.7. The van der Waals surface area contributed by atoms with Crippen LogP contribution in [0, 0.1) is 5.92 Å². The molecule has 1 N–H and O–H groups in total. The molecule has 150 valence electrons. The average molecular weight is 465 g/mol. The van der Waals surface area contributed by atoms with Gasteiger partial charge in [-0.3, -0.25) is 10.0 Å². The van der Waals surface area contributed by atoms with E-state index in [0.29, 0.717) is 31.6 Å². The summed E-state index contributed by atoms with van der Waals surface area (Å²) in [6, 6.07) is 6.81. The number of hydrogen-bond acceptors (Lipinski definition) is 5. The van der Waals surface area contributed by atoms with Crippen LogP contribution in [-0.2, 0) is 25.4 Å². The van der Waals surface area contributed by atoms with Crippen LogP contribution >= 0.6 is 15.9 Å². The number of benzene rings is 1. The van der Waals surface area contributed by atoms with E-state index in [-0.39, 0.29) is 30.4 Å². The number of amides is 1. The summed E-state index contributed by atoms with van der Waals surface area (Å²) in [6.07, 6.45) is 0.630. The topological polar surface area (TPSA) is 87.1 Å². The van der Waals surface area contributed by atoms with Gasteiger partial charge in [0, 0.05) is 36.7 Å². The minimum Gasteiger partial charge on any atom is -0.381 e. The number of piperidine rings is 1. The Morgan fingerprint density at radius 3 is 2.33 bits per heavy atom. The first-order chi connectivity index (χ1) is 12.7. The van der Waals surface area contributed by atoms with E-state index >= 15 is 4.39 Å². The van der Waals surface area contributed by atoms with Crippen molar-refractivity contribution in [2.45, 2.75) is 31.4 Å². The monoisotopic (exact) mass is 464 g/mol. The first-order valence-electron chi connectivity index (χ1n) is 8.80. The summed E-state index contributed by atoms with van der Waals surface area (Å²) in [7, 11) is -4.39. The molecule has 2 fully saturated rings. The van der Waals surface area contributed by atoms with Crippen molar-refractivity contribution in [1.29, 1.82) is 0 Å². The largest absolute Gasteiger partial charge is 0.381 e. The Hall–Kier alpha value is -1.07. The molecule has 2 heterocycles. The van der Waals surface area contributed by atoms with E-state index in [0.717, 1.165) is 8.78 Å². The van der Waals surface area contributed by atoms with Gasteiger partial charge < -0.3 is 4.74 Å². The molecule has 0 bridgehead atoms. The van der Waals surface area contributed by atoms with E-state index in [2.05, 4.69) is 15.9 Å². The molecule has 27 heavy (non-hydrogen) atoms. The van der Waals surface area contributed by atoms with Crippen molar-refractivity contribution < 1.29 is 27.5 Å². The van der Waals surface area contributed by atoms with Crippen molar-refractivity contribution in [3.05, 3.63) is 34.3 Å². The maximum absolute atomic E-state index is 15.3. The van der Waals surface area contributed by atoms with Crippen LogP contribution in [0.4, 0.5) is 4.39 Å². The van der Waals surface area contributed by atoms with Crippen LogP contribution in [0.3, 0.4) is 0 Å². The number of nitrogens with zero attached hydrogens (tertiary/aromatic N) is 2. The Kier molecular flexibility index (Phi) is 6.21. The lowest BCUT2D eigenvalue weighted by Crippen LogP contribution is -2.51. The van der Waals surface area contributed by atoms with E-state index in [1.54, 1.807) is 24.3 Å². The van der Waals surface area contributed by atoms with Gasteiger partial charge in [0.25, 0.3) is 5.91 Å². The smallest absolute Gasteiger partial charge is 0.329 e. The molecular weight excluding hydrogens is 443 g/mol. The summed E-state index contributed by atoms with van der Waals surface area (Å²) in [5, 5.41) is 10.0. The zero-order valence-corrected chi connectivity index (χ0v) is 17.1. The summed E-state index contributed by atoms with van der Waals surface area (Å²) in [6.45, 7) is 0.469. The van der Waals surface area contributed by atoms with Gasteiger partial charge in [0.2, 0.25) is 0 Å². The molecule has 0 saturated carbocycles. The van der Waals surface area contributed by atoms with Gasteiger partial charge in [0.05, 0.1) is 0 Å². The summed E-state index contributed by atoms with van der Waals surface area (Å²) < 4.78 is 47.2. The molecule has 1 aromatic rings. The molecule has 7 nitrogen and oxygen atoms in total. The highest BCUT2D eigenvalue weighted by Crippen LogP contribution is 2.38. The van der Waals surface area contributed by atoms with Crippen molar-refractivity contribution >= 4 is 32.0 Å². The van der Waals surface area contributed by atoms with E-state index in [1.807, 2.05) is 0 Å². The van der Waals surface area contributed by atoms with Crippen molar-refractivity contribution in [2.24, 2.45) is 5.92 Å². The molecule has 0 spiro atoms. The van der Waals surface area contributed by atoms with Gasteiger partial charge in [0.15, 0.2) is 0 Å². The van der Waals surface area contributed by atoms with Crippen molar-refractivity contribution in [3.8, 4) is 0 Å². The van der Waals surface area contributed by atoms with Crippen LogP contribution in [0.15, 0.2) is 28.7 Å². The lowest BCUT2D eigenvalue weighted by molar-refractivity contribution is -0.154. The fourth-order valence-electron chi connectivity index (χ4n) is 3.43. The molecule has 1 aromatic carbocycles. The maximum Gasteiger partial charge on any atom is 0.329 e. The lowest BCUT2D eigenvalue weighted by atomic mass is 9.87. The third-order valence-corrected chi connectivity index (χ3v) is 7.34. The summed E-state index contributed by atoms with van der Waals surface area (Å²) >= 11 is 3.30. The molecule has 0 radical (unpaired) electrons. The first kappa shape index (κ1) is 20.7. The van der Waals surface area contributed by atoms with Gasteiger partial charge in [-0.2, -0.15) is 12.7 Å². The highest BCUT2D eigenvalue weighted by atomic mass is 79.9. The van der Waals surface area contributed by atoms with Gasteiger partial charge in [0.1, 0.15) is 5.67 Å². The third kappa shape index (κ3) is 4.34. The Morgan fingerprint density at radius 1 is 1.22 bits per heavy atom. The predicted molar refractivity (Wildman–Crippen MR) is 98.8 cm³/mol. The Labute approximate surface area is 166 Å². The molecule has 2 saturated heterocycles. The second kappa shape index (κ2) is 8.12. The van der Waals surface area contributed by atoms with E-state index in [4.69, 9.17) is 4.74 Å². The number of hydroxylamine groups is 1. The standard InChI is InChI=1S/C17H22BrFN2O5S/c18-15-3-1-14(2-4-15)17(19)7-9-20(10-8-17)27(24,25)21(23)16(22)13-5-11-26-12-6-13/h1-4,13,23H,5-12H2. The van der Waals surface area contributed by atoms with Crippen LogP contribution in [0.1, 0.15) is 31.2 Å². The Morgan fingerprint density at radius 2 is 1.78 bits per heavy atom. The summed E-state index contributed by atoms with van der Waals surface area (Å²) in [5.41, 5.74) is -1.15. The van der Waals surface area contributed by atoms with E-state index in [9.17, 15) is 18.4 Å². The molecule has 0 aromatic heterocycles. The minimum absolute atomic E-state index is 0.0485. The number of carbonyl (C=O) groups excluding carboxylic acids is 1. The summed E-state index contributed by atoms with van der Waals surface area (Å²) in [4.78, 5) is 12.3. The molecule has 10 heteroatoms. The fraction of sp³-hybridized carbons (Fsp3) is 0.588. The maximum atomic E-state index is 15.3. The molecule has 2 aliphatic heterocycles. The van der Waals surface area contributed by atoms with Crippen LogP contribution in [0.2, 0.25) is 0 Å². The van der Waals surface area contributed by atoms with Gasteiger partial charge in [-0.1, -0.05) is 32.5 Å². The van der Waals surface area contributed by atoms with Crippen LogP contribution in [-0.4, -0.2) is 54.6 Å². The average Bonchev–Trinajstić information content (AvgIpc) is 2.68. The number of hydrogen-bond donors (Lipinski definition) is 1. The Bertz CT molecular complexity index is 775. The van der Waals surface area contributed by atoms with Crippen molar-refractivity contribution in [3.63, 3.8) is 0 Å². The fourth-order valence-corrected chi connectivity index (χ4v) is 4.94. The third-order valence-electron chi connectivity index (χ3n) is 5.18. The highest BCUT2D eigenvalue weighted by molar-refractivity contribution is 9.10. The molecular formula is C17H22BrFN2O5S. The van der Waals surface area contributed by atoms with Gasteiger partial charge in [-0.05, 0) is 43.4 Å². The number of carbonyl (C=O) groups is 1. The predicted octanol–water partition coefficient (Wildman–Crippen LogP) is 2.60. The van der Waals surface area contributed by atoms with Crippen molar-refractivity contribution in [2.75, 3.05) is 26.3 Å². The quantitative estimate of drug-likeness (QED) is 0.546. The minimum atomic E-state index is -4.39. The van der Waals surface area contributed by atoms with Crippen LogP contribution in [0.25, 0.3) is 0 Å². The van der Waals surface area contributed by atoms with Gasteiger partial charge >= 0.3 is 10.2 Å². The summed E-state index contributed by atoms with van der Waals surface area (Å²) in [5.74, 6) is -1.45. The van der Waals surface area contributed by atoms with Crippen molar-refractivity contribution in [1.82, 2.24) is 8.77 Å². The second-order valence-corrected chi connectivity index (χ2v) is 9.52. The molecule has 3 rings (SSSR count). The van der Waals surface area contributed by atoms with E-state index in [1.165, 1.54) is 0 Å². The number of ether oxygens (including phenoxy) is 1. The van der Waals surface area contributed by atoms with Gasteiger partial charge in [-0.25, -0.2) is 4.39 Å². The molecule has 2 aliphatic rings. The van der Waals surface area contributed by atoms with E-state index < -0.39 is 27.7 Å². The first-order valence-corrected chi connectivity index (χ1v) is 11.0. The SMILES string of the molecule is O=C(C1CCOCC1)N(O)S(=O)(=O)N1CCC(F)(c2ccc(Br)cc2)CC1. The zero-order chi connectivity index (χ0) is 19.7. The molecule has 0 aliphatic carbocycles. The van der Waals surface area contributed by atoms with Crippen LogP contribution < -0.4 is 0 Å². The van der Waals surface area contributed by atoms with Crippen LogP contribution in [0.5, 0.6) is 0 Å². The number of halogens is 2. The zero-order valence-electron chi connectivity index (χ0n) is 14.7. The van der Waals surface area contributed by atoms with Gasteiger partial charge in [-0.15, -0.1) is 0 Å². The number of alkyl halides is 1. The number of rotatable bonds is 4. The highest BCUT2D eigenvalue weighted by Gasteiger charge is 2.43. The molecule has 1 amide bonds. The molecule has 0 unspecified atom stereocenters.